The molecule has 0 aliphatic heterocycles. The van der Waals surface area contributed by atoms with Crippen molar-refractivity contribution in [3.8, 4) is 5.75 Å². The van der Waals surface area contributed by atoms with Gasteiger partial charge in [-0.15, -0.1) is 0 Å². The highest BCUT2D eigenvalue weighted by Crippen LogP contribution is 2.27. The lowest BCUT2D eigenvalue weighted by molar-refractivity contribution is 0.102. The Balaban J connectivity index is 2.27. The zero-order chi connectivity index (χ0) is 14.7. The highest BCUT2D eigenvalue weighted by atomic mass is 35.5. The summed E-state index contributed by atoms with van der Waals surface area (Å²) in [6.07, 6.45) is 0. The lowest BCUT2D eigenvalue weighted by atomic mass is 10.2. The third-order valence-corrected chi connectivity index (χ3v) is 3.56. The monoisotopic (exact) mass is 329 g/mol. The van der Waals surface area contributed by atoms with E-state index in [2.05, 4.69) is 5.32 Å². The van der Waals surface area contributed by atoms with Crippen molar-refractivity contribution in [2.75, 3.05) is 12.4 Å². The number of hydrogen-bond acceptors (Lipinski definition) is 2. The van der Waals surface area contributed by atoms with Crippen molar-refractivity contribution >= 4 is 46.4 Å². The molecule has 0 aliphatic carbocycles. The van der Waals surface area contributed by atoms with Crippen molar-refractivity contribution in [2.24, 2.45) is 0 Å². The number of nitrogens with one attached hydrogen (secondary N) is 1. The van der Waals surface area contributed by atoms with Gasteiger partial charge in [0.05, 0.1) is 22.7 Å². The maximum atomic E-state index is 12.2. The van der Waals surface area contributed by atoms with Crippen LogP contribution in [0.5, 0.6) is 5.75 Å². The molecule has 0 saturated heterocycles. The molecule has 1 amide bonds. The maximum Gasteiger partial charge on any atom is 0.259 e. The van der Waals surface area contributed by atoms with Gasteiger partial charge in [-0.05, 0) is 36.4 Å². The first-order chi connectivity index (χ1) is 9.51. The number of rotatable bonds is 3. The van der Waals surface area contributed by atoms with Crippen LogP contribution >= 0.6 is 34.8 Å². The molecular weight excluding hydrogens is 321 g/mol. The van der Waals surface area contributed by atoms with Crippen LogP contribution in [0.1, 0.15) is 10.4 Å². The second-order valence-corrected chi connectivity index (χ2v) is 5.18. The number of hydrogen-bond donors (Lipinski definition) is 1. The molecule has 0 unspecified atom stereocenters. The quantitative estimate of drug-likeness (QED) is 0.868. The molecular formula is C14H10Cl3NO2. The topological polar surface area (TPSA) is 38.3 Å². The average molecular weight is 331 g/mol. The number of carbonyl (C=O) groups excluding carboxylic acids is 1. The van der Waals surface area contributed by atoms with Crippen molar-refractivity contribution < 1.29 is 9.53 Å². The maximum absolute atomic E-state index is 12.2. The van der Waals surface area contributed by atoms with Gasteiger partial charge >= 0.3 is 0 Å². The number of amides is 1. The van der Waals surface area contributed by atoms with E-state index < -0.39 is 0 Å². The number of anilines is 1. The summed E-state index contributed by atoms with van der Waals surface area (Å²) in [5.74, 6) is 0.0923. The Morgan fingerprint density at radius 2 is 1.80 bits per heavy atom. The van der Waals surface area contributed by atoms with Crippen molar-refractivity contribution in [1.82, 2.24) is 0 Å². The zero-order valence-corrected chi connectivity index (χ0v) is 12.7. The molecule has 2 rings (SSSR count). The van der Waals surface area contributed by atoms with Gasteiger partial charge in [0.15, 0.2) is 0 Å². The van der Waals surface area contributed by atoms with E-state index in [4.69, 9.17) is 39.5 Å². The molecule has 20 heavy (non-hydrogen) atoms. The molecule has 0 spiro atoms. The van der Waals surface area contributed by atoms with Gasteiger partial charge in [-0.2, -0.15) is 0 Å². The van der Waals surface area contributed by atoms with Gasteiger partial charge < -0.3 is 10.1 Å². The van der Waals surface area contributed by atoms with Crippen LogP contribution in [0.3, 0.4) is 0 Å². The highest BCUT2D eigenvalue weighted by Gasteiger charge is 2.13. The fourth-order valence-corrected chi connectivity index (χ4v) is 2.10. The smallest absolute Gasteiger partial charge is 0.259 e. The number of methoxy groups -OCH3 is 1. The van der Waals surface area contributed by atoms with Crippen molar-refractivity contribution in [2.45, 2.75) is 0 Å². The summed E-state index contributed by atoms with van der Waals surface area (Å²) >= 11 is 17.6. The van der Waals surface area contributed by atoms with Crippen molar-refractivity contribution in [1.29, 1.82) is 0 Å². The fraction of sp³-hybridized carbons (Fsp3) is 0.0714. The van der Waals surface area contributed by atoms with Crippen LogP contribution in [-0.4, -0.2) is 13.0 Å². The van der Waals surface area contributed by atoms with E-state index in [9.17, 15) is 4.79 Å². The first-order valence-corrected chi connectivity index (χ1v) is 6.74. The van der Waals surface area contributed by atoms with Crippen LogP contribution in [0, 0.1) is 0 Å². The van der Waals surface area contributed by atoms with Gasteiger partial charge in [0, 0.05) is 10.7 Å². The molecule has 0 aliphatic rings. The molecule has 0 aromatic heterocycles. The Labute approximate surface area is 131 Å². The minimum absolute atomic E-state index is 0.339. The summed E-state index contributed by atoms with van der Waals surface area (Å²) in [6, 6.07) is 9.65. The fourth-order valence-electron chi connectivity index (χ4n) is 1.63. The van der Waals surface area contributed by atoms with Gasteiger partial charge in [0.2, 0.25) is 0 Å². The standard InChI is InChI=1S/C14H10Cl3NO2/c1-20-13-5-2-8(15)6-10(13)14(19)18-9-3-4-11(16)12(17)7-9/h2-7H,1H3,(H,18,19). The summed E-state index contributed by atoms with van der Waals surface area (Å²) in [4.78, 5) is 12.2. The van der Waals surface area contributed by atoms with E-state index >= 15 is 0 Å². The van der Waals surface area contributed by atoms with Gasteiger partial charge in [-0.3, -0.25) is 4.79 Å². The van der Waals surface area contributed by atoms with Crippen LogP contribution in [0.2, 0.25) is 15.1 Å². The summed E-state index contributed by atoms with van der Waals surface area (Å²) < 4.78 is 5.14. The number of halogens is 3. The predicted molar refractivity (Wildman–Crippen MR) is 82.4 cm³/mol. The van der Waals surface area contributed by atoms with Crippen LogP contribution in [0.25, 0.3) is 0 Å². The zero-order valence-electron chi connectivity index (χ0n) is 10.4. The Bertz CT molecular complexity index is 659. The van der Waals surface area contributed by atoms with Crippen LogP contribution in [0.4, 0.5) is 5.69 Å². The van der Waals surface area contributed by atoms with Crippen LogP contribution in [-0.2, 0) is 0 Å². The predicted octanol–water partition coefficient (Wildman–Crippen LogP) is 4.91. The molecule has 104 valence electrons. The van der Waals surface area contributed by atoms with Crippen molar-refractivity contribution in [3.05, 3.63) is 57.0 Å². The van der Waals surface area contributed by atoms with E-state index in [-0.39, 0.29) is 5.91 Å². The molecule has 0 heterocycles. The second-order valence-electron chi connectivity index (χ2n) is 3.93. The third kappa shape index (κ3) is 3.37. The number of benzene rings is 2. The number of carbonyl (C=O) groups is 1. The van der Waals surface area contributed by atoms with Crippen LogP contribution < -0.4 is 10.1 Å². The summed E-state index contributed by atoms with van der Waals surface area (Å²) in [5, 5.41) is 3.94. The highest BCUT2D eigenvalue weighted by molar-refractivity contribution is 6.42. The second kappa shape index (κ2) is 6.35. The molecule has 0 radical (unpaired) electrons. The molecule has 2 aromatic carbocycles. The molecule has 0 atom stereocenters. The summed E-state index contributed by atoms with van der Waals surface area (Å²) in [7, 11) is 1.49. The van der Waals surface area contributed by atoms with Gasteiger partial charge in [-0.25, -0.2) is 0 Å². The molecule has 2 aromatic rings. The first kappa shape index (κ1) is 15.0. The largest absolute Gasteiger partial charge is 0.496 e. The van der Waals surface area contributed by atoms with E-state index in [1.807, 2.05) is 0 Å². The Kier molecular flexibility index (Phi) is 4.76. The first-order valence-electron chi connectivity index (χ1n) is 5.61. The third-order valence-electron chi connectivity index (χ3n) is 2.58. The minimum atomic E-state index is -0.345. The van der Waals surface area contributed by atoms with Gasteiger partial charge in [-0.1, -0.05) is 34.8 Å². The van der Waals surface area contributed by atoms with E-state index in [1.54, 1.807) is 30.3 Å². The van der Waals surface area contributed by atoms with E-state index in [1.165, 1.54) is 13.2 Å². The van der Waals surface area contributed by atoms with E-state index in [0.29, 0.717) is 32.1 Å². The Morgan fingerprint density at radius 3 is 2.45 bits per heavy atom. The summed E-state index contributed by atoms with van der Waals surface area (Å²) in [5.41, 5.74) is 0.873. The molecule has 3 nitrogen and oxygen atoms in total. The Hall–Kier alpha value is -1.42. The van der Waals surface area contributed by atoms with Gasteiger partial charge in [0.1, 0.15) is 5.75 Å². The molecule has 0 bridgehead atoms. The SMILES string of the molecule is COc1ccc(Cl)cc1C(=O)Nc1ccc(Cl)c(Cl)c1. The Morgan fingerprint density at radius 1 is 1.05 bits per heavy atom. The lowest BCUT2D eigenvalue weighted by Crippen LogP contribution is -2.13. The lowest BCUT2D eigenvalue weighted by Gasteiger charge is -2.10. The number of ether oxygens (including phenoxy) is 1. The molecule has 0 saturated carbocycles. The van der Waals surface area contributed by atoms with Crippen LogP contribution in [0.15, 0.2) is 36.4 Å². The normalized spacial score (nSPS) is 10.2. The van der Waals surface area contributed by atoms with E-state index in [0.717, 1.165) is 0 Å². The average Bonchev–Trinajstić information content (AvgIpc) is 2.43. The van der Waals surface area contributed by atoms with Gasteiger partial charge in [0.25, 0.3) is 5.91 Å². The molecule has 1 N–H and O–H groups in total. The minimum Gasteiger partial charge on any atom is -0.496 e. The summed E-state index contributed by atoms with van der Waals surface area (Å²) in [6.45, 7) is 0. The van der Waals surface area contributed by atoms with Crippen molar-refractivity contribution in [3.63, 3.8) is 0 Å². The molecule has 6 heteroatoms. The molecule has 0 fully saturated rings.